The van der Waals surface area contributed by atoms with Crippen LogP contribution in [0.15, 0.2) is 48.1 Å². The first-order chi connectivity index (χ1) is 15.1. The summed E-state index contributed by atoms with van der Waals surface area (Å²) >= 11 is 0. The SMILES string of the molecule is CC(C)[C@@](C)(C(N)=NC(=O)c1cnn(CC(=O)O)c1)c1ccc(-c2cnc(N)nc2)nc1. The lowest BCUT2D eigenvalue weighted by atomic mass is 9.73. The Balaban J connectivity index is 1.89. The maximum absolute atomic E-state index is 12.6. The number of hydrogen-bond donors (Lipinski definition) is 3. The van der Waals surface area contributed by atoms with Gasteiger partial charge in [-0.1, -0.05) is 19.9 Å². The molecule has 0 saturated heterocycles. The zero-order chi connectivity index (χ0) is 23.5. The van der Waals surface area contributed by atoms with Crippen molar-refractivity contribution in [3.8, 4) is 11.3 Å². The Labute approximate surface area is 184 Å². The van der Waals surface area contributed by atoms with E-state index >= 15 is 0 Å². The van der Waals surface area contributed by atoms with Gasteiger partial charge >= 0.3 is 5.97 Å². The number of amidine groups is 1. The molecule has 0 aromatic carbocycles. The number of aromatic nitrogens is 5. The number of pyridine rings is 1. The van der Waals surface area contributed by atoms with Crippen molar-refractivity contribution in [2.45, 2.75) is 32.7 Å². The molecule has 0 aliphatic carbocycles. The highest BCUT2D eigenvalue weighted by Crippen LogP contribution is 2.33. The molecule has 3 rings (SSSR count). The Morgan fingerprint density at radius 2 is 1.84 bits per heavy atom. The highest BCUT2D eigenvalue weighted by atomic mass is 16.4. The number of hydrogen-bond acceptors (Lipinski definition) is 7. The topological polar surface area (TPSA) is 175 Å². The number of carbonyl (C=O) groups is 2. The van der Waals surface area contributed by atoms with Gasteiger partial charge in [-0.25, -0.2) is 9.97 Å². The lowest BCUT2D eigenvalue weighted by molar-refractivity contribution is -0.137. The van der Waals surface area contributed by atoms with Crippen molar-refractivity contribution >= 4 is 23.7 Å². The zero-order valence-electron chi connectivity index (χ0n) is 17.9. The summed E-state index contributed by atoms with van der Waals surface area (Å²) in [6.07, 6.45) is 7.45. The van der Waals surface area contributed by atoms with Crippen molar-refractivity contribution in [1.82, 2.24) is 24.7 Å². The van der Waals surface area contributed by atoms with Crippen LogP contribution in [0.2, 0.25) is 0 Å². The molecule has 3 heterocycles. The second-order valence-electron chi connectivity index (χ2n) is 7.74. The van der Waals surface area contributed by atoms with E-state index in [1.165, 1.54) is 12.4 Å². The molecule has 0 radical (unpaired) electrons. The first kappa shape index (κ1) is 22.5. The molecule has 1 atom stereocenters. The average Bonchev–Trinajstić information content (AvgIpc) is 3.21. The van der Waals surface area contributed by atoms with Crippen LogP contribution in [0.5, 0.6) is 0 Å². The smallest absolute Gasteiger partial charge is 0.325 e. The van der Waals surface area contributed by atoms with Crippen LogP contribution < -0.4 is 11.5 Å². The monoisotopic (exact) mass is 436 g/mol. The number of carboxylic acid groups (broad SMARTS) is 1. The number of carbonyl (C=O) groups excluding carboxylic acids is 1. The summed E-state index contributed by atoms with van der Waals surface area (Å²) in [4.78, 5) is 40.0. The molecular formula is C21H24N8O3. The van der Waals surface area contributed by atoms with Gasteiger partial charge in [-0.3, -0.25) is 19.3 Å². The fourth-order valence-electron chi connectivity index (χ4n) is 3.11. The summed E-state index contributed by atoms with van der Waals surface area (Å²) in [7, 11) is 0. The molecule has 0 aliphatic heterocycles. The Hall–Kier alpha value is -4.15. The predicted molar refractivity (Wildman–Crippen MR) is 118 cm³/mol. The highest BCUT2D eigenvalue weighted by Gasteiger charge is 2.36. The number of nitrogens with zero attached hydrogens (tertiary/aromatic N) is 6. The van der Waals surface area contributed by atoms with Gasteiger partial charge in [-0.15, -0.1) is 0 Å². The van der Waals surface area contributed by atoms with Gasteiger partial charge in [0.1, 0.15) is 12.4 Å². The molecule has 3 aromatic heterocycles. The standard InChI is InChI=1S/C21H24N8O3/c1-12(2)21(3,15-4-5-16(24-9-15)13-6-25-20(23)26-7-13)19(22)28-18(32)14-8-27-29(10-14)11-17(30)31/h4-10,12H,11H2,1-3H3,(H,30,31)(H2,22,28,32)(H2,23,25,26)/t21-/m1/s1. The molecule has 32 heavy (non-hydrogen) atoms. The summed E-state index contributed by atoms with van der Waals surface area (Å²) in [5.41, 5.74) is 13.4. The fourth-order valence-corrected chi connectivity index (χ4v) is 3.11. The first-order valence-corrected chi connectivity index (χ1v) is 9.79. The van der Waals surface area contributed by atoms with Crippen LogP contribution in [0.1, 0.15) is 36.7 Å². The number of amides is 1. The van der Waals surface area contributed by atoms with Crippen LogP contribution in [0.4, 0.5) is 5.95 Å². The highest BCUT2D eigenvalue weighted by molar-refractivity contribution is 6.05. The summed E-state index contributed by atoms with van der Waals surface area (Å²) in [6, 6.07) is 3.69. The number of rotatable bonds is 7. The average molecular weight is 436 g/mol. The zero-order valence-corrected chi connectivity index (χ0v) is 17.9. The van der Waals surface area contributed by atoms with Crippen LogP contribution in [0.3, 0.4) is 0 Å². The van der Waals surface area contributed by atoms with E-state index in [0.29, 0.717) is 11.3 Å². The molecule has 11 nitrogen and oxygen atoms in total. The Kier molecular flexibility index (Phi) is 6.28. The third-order valence-electron chi connectivity index (χ3n) is 5.42. The van der Waals surface area contributed by atoms with Gasteiger partial charge < -0.3 is 16.6 Å². The molecule has 0 unspecified atom stereocenters. The van der Waals surface area contributed by atoms with E-state index < -0.39 is 17.3 Å². The Bertz CT molecular complexity index is 1150. The minimum absolute atomic E-state index is 0.0127. The van der Waals surface area contributed by atoms with Crippen molar-refractivity contribution in [3.05, 3.63) is 54.2 Å². The van der Waals surface area contributed by atoms with Gasteiger partial charge in [0.25, 0.3) is 5.91 Å². The van der Waals surface area contributed by atoms with Crippen molar-refractivity contribution in [1.29, 1.82) is 0 Å². The molecule has 5 N–H and O–H groups in total. The van der Waals surface area contributed by atoms with Gasteiger partial charge in [0.05, 0.1) is 22.9 Å². The molecule has 0 spiro atoms. The number of anilines is 1. The Morgan fingerprint density at radius 1 is 1.16 bits per heavy atom. The molecule has 0 saturated carbocycles. The first-order valence-electron chi connectivity index (χ1n) is 9.79. The number of nitrogen functional groups attached to an aromatic ring is 1. The Morgan fingerprint density at radius 3 is 2.41 bits per heavy atom. The molecule has 0 aliphatic rings. The van der Waals surface area contributed by atoms with E-state index in [0.717, 1.165) is 10.2 Å². The van der Waals surface area contributed by atoms with Crippen molar-refractivity contribution in [2.75, 3.05) is 5.73 Å². The number of aliphatic imine (C=N–C) groups is 1. The predicted octanol–water partition coefficient (Wildman–Crippen LogP) is 1.51. The van der Waals surface area contributed by atoms with Crippen molar-refractivity contribution < 1.29 is 14.7 Å². The normalized spacial score (nSPS) is 13.7. The molecule has 3 aromatic rings. The van der Waals surface area contributed by atoms with E-state index in [1.54, 1.807) is 18.6 Å². The fraction of sp³-hybridized carbons (Fsp3) is 0.286. The van der Waals surface area contributed by atoms with Crippen LogP contribution in [0, 0.1) is 5.92 Å². The summed E-state index contributed by atoms with van der Waals surface area (Å²) in [5, 5.41) is 12.7. The van der Waals surface area contributed by atoms with E-state index in [2.05, 4.69) is 25.0 Å². The van der Waals surface area contributed by atoms with Crippen molar-refractivity contribution in [3.63, 3.8) is 0 Å². The number of aliphatic carboxylic acids is 1. The van der Waals surface area contributed by atoms with E-state index in [-0.39, 0.29) is 29.8 Å². The quantitative estimate of drug-likeness (QED) is 0.366. The molecule has 0 bridgehead atoms. The minimum atomic E-state index is -1.07. The molecule has 166 valence electrons. The molecular weight excluding hydrogens is 412 g/mol. The number of nitrogens with two attached hydrogens (primary N) is 2. The minimum Gasteiger partial charge on any atom is -0.480 e. The van der Waals surface area contributed by atoms with E-state index in [4.69, 9.17) is 16.6 Å². The largest absolute Gasteiger partial charge is 0.480 e. The van der Waals surface area contributed by atoms with Crippen LogP contribution in [-0.2, 0) is 16.8 Å². The van der Waals surface area contributed by atoms with Crippen LogP contribution in [-0.4, -0.2) is 47.6 Å². The third-order valence-corrected chi connectivity index (χ3v) is 5.42. The van der Waals surface area contributed by atoms with E-state index in [1.807, 2.05) is 32.9 Å². The van der Waals surface area contributed by atoms with E-state index in [9.17, 15) is 9.59 Å². The summed E-state index contributed by atoms with van der Waals surface area (Å²) in [5.74, 6) is -1.38. The van der Waals surface area contributed by atoms with Gasteiger partial charge in [-0.05, 0) is 24.5 Å². The van der Waals surface area contributed by atoms with Gasteiger partial charge in [0.2, 0.25) is 5.95 Å². The maximum atomic E-state index is 12.6. The second kappa shape index (κ2) is 8.92. The summed E-state index contributed by atoms with van der Waals surface area (Å²) in [6.45, 7) is 5.48. The van der Waals surface area contributed by atoms with Crippen molar-refractivity contribution in [2.24, 2.45) is 16.6 Å². The number of carboxylic acids is 1. The lowest BCUT2D eigenvalue weighted by Gasteiger charge is -2.33. The maximum Gasteiger partial charge on any atom is 0.325 e. The summed E-state index contributed by atoms with van der Waals surface area (Å²) < 4.78 is 1.15. The van der Waals surface area contributed by atoms with Gasteiger partial charge in [-0.2, -0.15) is 10.1 Å². The lowest BCUT2D eigenvalue weighted by Crippen LogP contribution is -2.43. The van der Waals surface area contributed by atoms with Crippen LogP contribution >= 0.6 is 0 Å². The molecule has 1 amide bonds. The van der Waals surface area contributed by atoms with Gasteiger partial charge in [0, 0.05) is 30.4 Å². The second-order valence-corrected chi connectivity index (χ2v) is 7.74. The van der Waals surface area contributed by atoms with Gasteiger partial charge in [0.15, 0.2) is 0 Å². The third kappa shape index (κ3) is 4.61. The van der Waals surface area contributed by atoms with Crippen LogP contribution in [0.25, 0.3) is 11.3 Å². The molecule has 11 heteroatoms. The molecule has 0 fully saturated rings.